The molecular weight excluding hydrogens is 415 g/mol. The SMILES string of the molecule is CN(Cc1ccccc1)[C@@H]1CCN(CCCc2c[nH]c3ccc(-n4cnnc4)cc23)C[C@H]1F. The number of aromatic nitrogens is 4. The molecule has 0 unspecified atom stereocenters. The summed E-state index contributed by atoms with van der Waals surface area (Å²) in [5.74, 6) is 0. The van der Waals surface area contributed by atoms with Gasteiger partial charge in [-0.2, -0.15) is 0 Å². The number of nitrogens with zero attached hydrogens (tertiary/aromatic N) is 5. The maximum Gasteiger partial charge on any atom is 0.128 e. The highest BCUT2D eigenvalue weighted by Gasteiger charge is 2.31. The quantitative estimate of drug-likeness (QED) is 0.440. The number of halogens is 1. The molecule has 1 N–H and O–H groups in total. The van der Waals surface area contributed by atoms with Crippen molar-refractivity contribution >= 4 is 10.9 Å². The van der Waals surface area contributed by atoms with Crippen LogP contribution in [0.3, 0.4) is 0 Å². The third-order valence-electron chi connectivity index (χ3n) is 6.82. The molecular formula is C26H31FN6. The number of likely N-dealkylation sites (tertiary alicyclic amines) is 1. The molecule has 7 heteroatoms. The number of hydrogen-bond donors (Lipinski definition) is 1. The zero-order chi connectivity index (χ0) is 22.6. The summed E-state index contributed by atoms with van der Waals surface area (Å²) in [6, 6.07) is 16.7. The molecule has 2 atom stereocenters. The minimum atomic E-state index is -0.813. The Morgan fingerprint density at radius 1 is 1.12 bits per heavy atom. The van der Waals surface area contributed by atoms with Gasteiger partial charge < -0.3 is 9.88 Å². The summed E-state index contributed by atoms with van der Waals surface area (Å²) in [5, 5.41) is 9.03. The predicted octanol–water partition coefficient (Wildman–Crippen LogP) is 4.23. The molecule has 172 valence electrons. The molecule has 0 radical (unpaired) electrons. The van der Waals surface area contributed by atoms with Gasteiger partial charge in [0.15, 0.2) is 0 Å². The number of aryl methyl sites for hydroxylation is 1. The zero-order valence-corrected chi connectivity index (χ0v) is 19.1. The predicted molar refractivity (Wildman–Crippen MR) is 129 cm³/mol. The van der Waals surface area contributed by atoms with E-state index in [1.54, 1.807) is 12.7 Å². The Balaban J connectivity index is 1.14. The molecule has 1 fully saturated rings. The molecule has 0 saturated carbocycles. The van der Waals surface area contributed by atoms with Gasteiger partial charge in [-0.05, 0) is 68.7 Å². The lowest BCUT2D eigenvalue weighted by molar-refractivity contribution is 0.0429. The summed E-state index contributed by atoms with van der Waals surface area (Å²) in [4.78, 5) is 7.84. The minimum Gasteiger partial charge on any atom is -0.361 e. The van der Waals surface area contributed by atoms with Crippen LogP contribution in [0.5, 0.6) is 0 Å². The number of alkyl halides is 1. The molecule has 2 aromatic heterocycles. The van der Waals surface area contributed by atoms with Crippen molar-refractivity contribution in [3.8, 4) is 5.69 Å². The van der Waals surface area contributed by atoms with E-state index >= 15 is 4.39 Å². The first kappa shape index (κ1) is 21.8. The summed E-state index contributed by atoms with van der Waals surface area (Å²) >= 11 is 0. The zero-order valence-electron chi connectivity index (χ0n) is 19.1. The van der Waals surface area contributed by atoms with Gasteiger partial charge in [0.1, 0.15) is 18.8 Å². The van der Waals surface area contributed by atoms with E-state index in [1.165, 1.54) is 16.5 Å². The van der Waals surface area contributed by atoms with Crippen molar-refractivity contribution in [2.45, 2.75) is 38.0 Å². The first-order valence-corrected chi connectivity index (χ1v) is 11.7. The lowest BCUT2D eigenvalue weighted by Crippen LogP contribution is -2.51. The van der Waals surface area contributed by atoms with Crippen LogP contribution in [0, 0.1) is 0 Å². The van der Waals surface area contributed by atoms with Crippen LogP contribution in [-0.4, -0.2) is 68.4 Å². The normalized spacial score (nSPS) is 19.5. The Morgan fingerprint density at radius 3 is 2.73 bits per heavy atom. The number of aromatic amines is 1. The summed E-state index contributed by atoms with van der Waals surface area (Å²) < 4.78 is 17.0. The van der Waals surface area contributed by atoms with E-state index in [0.29, 0.717) is 6.54 Å². The molecule has 4 aromatic rings. The van der Waals surface area contributed by atoms with Gasteiger partial charge in [-0.25, -0.2) is 4.39 Å². The first-order valence-electron chi connectivity index (χ1n) is 11.7. The van der Waals surface area contributed by atoms with Gasteiger partial charge in [-0.3, -0.25) is 9.47 Å². The third kappa shape index (κ3) is 4.99. The van der Waals surface area contributed by atoms with E-state index < -0.39 is 6.17 Å². The van der Waals surface area contributed by atoms with Crippen LogP contribution >= 0.6 is 0 Å². The Hall–Kier alpha value is -3.03. The van der Waals surface area contributed by atoms with Gasteiger partial charge in [-0.1, -0.05) is 30.3 Å². The van der Waals surface area contributed by atoms with Gasteiger partial charge >= 0.3 is 0 Å². The molecule has 0 amide bonds. The molecule has 0 spiro atoms. The van der Waals surface area contributed by atoms with Crippen molar-refractivity contribution in [1.82, 2.24) is 29.5 Å². The van der Waals surface area contributed by atoms with Crippen molar-refractivity contribution in [2.24, 2.45) is 0 Å². The smallest absolute Gasteiger partial charge is 0.128 e. The lowest BCUT2D eigenvalue weighted by Gasteiger charge is -2.39. The topological polar surface area (TPSA) is 53.0 Å². The number of hydrogen-bond acceptors (Lipinski definition) is 4. The fraction of sp³-hybridized carbons (Fsp3) is 0.385. The van der Waals surface area contributed by atoms with Crippen molar-refractivity contribution in [1.29, 1.82) is 0 Å². The Morgan fingerprint density at radius 2 is 1.94 bits per heavy atom. The van der Waals surface area contributed by atoms with Crippen LogP contribution in [0.15, 0.2) is 67.4 Å². The number of benzene rings is 2. The van der Waals surface area contributed by atoms with Crippen molar-refractivity contribution < 1.29 is 4.39 Å². The summed E-state index contributed by atoms with van der Waals surface area (Å²) in [6.07, 6.45) is 7.57. The minimum absolute atomic E-state index is 0.00818. The van der Waals surface area contributed by atoms with Crippen LogP contribution in [0.1, 0.15) is 24.0 Å². The van der Waals surface area contributed by atoms with Crippen LogP contribution in [0.25, 0.3) is 16.6 Å². The molecule has 1 saturated heterocycles. The van der Waals surface area contributed by atoms with E-state index in [4.69, 9.17) is 0 Å². The number of nitrogens with one attached hydrogen (secondary N) is 1. The Kier molecular flexibility index (Phi) is 6.51. The maximum absolute atomic E-state index is 15.0. The van der Waals surface area contributed by atoms with Crippen LogP contribution in [0.2, 0.25) is 0 Å². The highest BCUT2D eigenvalue weighted by atomic mass is 19.1. The second-order valence-electron chi connectivity index (χ2n) is 9.09. The maximum atomic E-state index is 15.0. The van der Waals surface area contributed by atoms with Crippen LogP contribution in [0.4, 0.5) is 4.39 Å². The van der Waals surface area contributed by atoms with Gasteiger partial charge in [0, 0.05) is 41.9 Å². The number of fused-ring (bicyclic) bond motifs is 1. The van der Waals surface area contributed by atoms with Gasteiger partial charge in [-0.15, -0.1) is 10.2 Å². The van der Waals surface area contributed by atoms with E-state index in [-0.39, 0.29) is 6.04 Å². The Bertz CT molecular complexity index is 1160. The second kappa shape index (κ2) is 9.85. The van der Waals surface area contributed by atoms with Gasteiger partial charge in [0.05, 0.1) is 0 Å². The molecule has 0 aliphatic carbocycles. The molecule has 3 heterocycles. The average Bonchev–Trinajstić information content (AvgIpc) is 3.50. The highest BCUT2D eigenvalue weighted by molar-refractivity contribution is 5.85. The summed E-state index contributed by atoms with van der Waals surface area (Å²) in [7, 11) is 2.05. The molecule has 5 rings (SSSR count). The van der Waals surface area contributed by atoms with Gasteiger partial charge in [0.25, 0.3) is 0 Å². The molecule has 33 heavy (non-hydrogen) atoms. The van der Waals surface area contributed by atoms with Crippen LogP contribution < -0.4 is 0 Å². The number of rotatable bonds is 8. The van der Waals surface area contributed by atoms with Crippen LogP contribution in [-0.2, 0) is 13.0 Å². The third-order valence-corrected chi connectivity index (χ3v) is 6.82. The average molecular weight is 447 g/mol. The fourth-order valence-electron chi connectivity index (χ4n) is 5.00. The van der Waals surface area contributed by atoms with Crippen molar-refractivity contribution in [2.75, 3.05) is 26.7 Å². The van der Waals surface area contributed by atoms with E-state index in [1.807, 2.05) is 29.8 Å². The number of H-pyrrole nitrogens is 1. The Labute approximate surface area is 194 Å². The second-order valence-corrected chi connectivity index (χ2v) is 9.09. The van der Waals surface area contributed by atoms with Crippen molar-refractivity contribution in [3.63, 3.8) is 0 Å². The number of piperidine rings is 1. The van der Waals surface area contributed by atoms with E-state index in [2.05, 4.69) is 61.5 Å². The first-order chi connectivity index (χ1) is 16.2. The molecule has 1 aliphatic heterocycles. The lowest BCUT2D eigenvalue weighted by atomic mass is 10.00. The molecule has 2 aromatic carbocycles. The standard InChI is InChI=1S/C26H31FN6/c1-31(16-20-6-3-2-4-7-20)26-11-13-32(17-24(26)27)12-5-8-21-15-28-25-10-9-22(14-23(21)25)33-18-29-30-19-33/h2-4,6-7,9-10,14-15,18-19,24,26,28H,5,8,11-13,16-17H2,1H3/t24-,26-/m1/s1. The largest absolute Gasteiger partial charge is 0.361 e. The fourth-order valence-corrected chi connectivity index (χ4v) is 5.00. The summed E-state index contributed by atoms with van der Waals surface area (Å²) in [6.45, 7) is 3.20. The molecule has 6 nitrogen and oxygen atoms in total. The van der Waals surface area contributed by atoms with Crippen molar-refractivity contribution in [3.05, 3.63) is 78.5 Å². The van der Waals surface area contributed by atoms with E-state index in [9.17, 15) is 0 Å². The highest BCUT2D eigenvalue weighted by Crippen LogP contribution is 2.24. The molecule has 1 aliphatic rings. The molecule has 0 bridgehead atoms. The summed E-state index contributed by atoms with van der Waals surface area (Å²) in [5.41, 5.74) is 4.72. The monoisotopic (exact) mass is 446 g/mol. The van der Waals surface area contributed by atoms with Gasteiger partial charge in [0.2, 0.25) is 0 Å². The van der Waals surface area contributed by atoms with E-state index in [0.717, 1.165) is 50.1 Å².